The number of anilines is 1. The van der Waals surface area contributed by atoms with Gasteiger partial charge in [0.1, 0.15) is 10.3 Å². The van der Waals surface area contributed by atoms with E-state index >= 15 is 0 Å². The summed E-state index contributed by atoms with van der Waals surface area (Å²) in [6, 6.07) is 3.58. The first-order valence-electron chi connectivity index (χ1n) is 6.11. The van der Waals surface area contributed by atoms with Crippen LogP contribution in [0.1, 0.15) is 16.7 Å². The molecule has 0 fully saturated rings. The zero-order chi connectivity index (χ0) is 14.9. The number of benzene rings is 1. The van der Waals surface area contributed by atoms with Crippen LogP contribution in [0.4, 0.5) is 10.1 Å². The molecule has 0 saturated heterocycles. The van der Waals surface area contributed by atoms with Crippen molar-refractivity contribution in [1.82, 2.24) is 9.78 Å². The molecular formula is C14H15BrFN3O. The number of nitrogens with zero attached hydrogens (tertiary/aromatic N) is 2. The monoisotopic (exact) mass is 339 g/mol. The number of aryl methyl sites for hydroxylation is 3. The molecule has 0 spiro atoms. The summed E-state index contributed by atoms with van der Waals surface area (Å²) in [6.07, 6.45) is 1.58. The summed E-state index contributed by atoms with van der Waals surface area (Å²) in [5, 5.41) is 7.08. The average molecular weight is 340 g/mol. The second kappa shape index (κ2) is 5.75. The Morgan fingerprint density at radius 3 is 2.55 bits per heavy atom. The lowest BCUT2D eigenvalue weighted by molar-refractivity contribution is 0.608. The van der Waals surface area contributed by atoms with Crippen LogP contribution in [0, 0.1) is 19.7 Å². The van der Waals surface area contributed by atoms with Crippen molar-refractivity contribution in [2.45, 2.75) is 20.4 Å². The zero-order valence-corrected chi connectivity index (χ0v) is 13.1. The molecule has 0 aliphatic carbocycles. The van der Waals surface area contributed by atoms with Crippen LogP contribution < -0.4 is 10.9 Å². The van der Waals surface area contributed by atoms with Gasteiger partial charge in [-0.3, -0.25) is 4.79 Å². The maximum absolute atomic E-state index is 13.6. The van der Waals surface area contributed by atoms with E-state index in [1.807, 2.05) is 0 Å². The normalized spacial score (nSPS) is 10.7. The van der Waals surface area contributed by atoms with E-state index in [0.717, 1.165) is 5.56 Å². The fourth-order valence-electron chi connectivity index (χ4n) is 1.97. The summed E-state index contributed by atoms with van der Waals surface area (Å²) in [4.78, 5) is 11.7. The van der Waals surface area contributed by atoms with Gasteiger partial charge in [0.05, 0.1) is 11.9 Å². The molecule has 1 N–H and O–H groups in total. The Morgan fingerprint density at radius 1 is 1.35 bits per heavy atom. The van der Waals surface area contributed by atoms with Gasteiger partial charge in [-0.25, -0.2) is 9.07 Å². The van der Waals surface area contributed by atoms with E-state index in [9.17, 15) is 9.18 Å². The lowest BCUT2D eigenvalue weighted by Gasteiger charge is -2.10. The summed E-state index contributed by atoms with van der Waals surface area (Å²) in [6.45, 7) is 3.97. The Morgan fingerprint density at radius 2 is 1.95 bits per heavy atom. The summed E-state index contributed by atoms with van der Waals surface area (Å²) in [7, 11) is 1.59. The van der Waals surface area contributed by atoms with Crippen molar-refractivity contribution in [1.29, 1.82) is 0 Å². The van der Waals surface area contributed by atoms with Crippen LogP contribution in [-0.2, 0) is 13.6 Å². The van der Waals surface area contributed by atoms with E-state index in [-0.39, 0.29) is 11.4 Å². The molecule has 0 bridgehead atoms. The number of aromatic nitrogens is 2. The Kier molecular flexibility index (Phi) is 4.23. The van der Waals surface area contributed by atoms with Crippen LogP contribution in [0.15, 0.2) is 27.6 Å². The van der Waals surface area contributed by atoms with Crippen molar-refractivity contribution in [3.8, 4) is 0 Å². The highest BCUT2D eigenvalue weighted by molar-refractivity contribution is 9.10. The third kappa shape index (κ3) is 2.90. The molecule has 0 aliphatic heterocycles. The number of halogens is 2. The molecule has 0 aliphatic rings. The van der Waals surface area contributed by atoms with Crippen LogP contribution in [-0.4, -0.2) is 9.78 Å². The first kappa shape index (κ1) is 14.7. The minimum Gasteiger partial charge on any atom is -0.379 e. The molecule has 0 unspecified atom stereocenters. The van der Waals surface area contributed by atoms with Gasteiger partial charge in [-0.15, -0.1) is 0 Å². The number of nitrogens with one attached hydrogen (secondary N) is 1. The first-order chi connectivity index (χ1) is 9.40. The molecule has 2 aromatic rings. The topological polar surface area (TPSA) is 46.9 Å². The van der Waals surface area contributed by atoms with Crippen molar-refractivity contribution in [2.24, 2.45) is 7.05 Å². The summed E-state index contributed by atoms with van der Waals surface area (Å²) in [5.74, 6) is -0.176. The van der Waals surface area contributed by atoms with Crippen molar-refractivity contribution >= 4 is 21.6 Å². The maximum atomic E-state index is 13.6. The Balaban J connectivity index is 2.21. The average Bonchev–Trinajstić information content (AvgIpc) is 2.41. The lowest BCUT2D eigenvalue weighted by Crippen LogP contribution is -2.21. The summed E-state index contributed by atoms with van der Waals surface area (Å²) >= 11 is 3.25. The molecule has 1 aromatic carbocycles. The molecule has 0 radical (unpaired) electrons. The van der Waals surface area contributed by atoms with E-state index in [1.54, 1.807) is 39.2 Å². The van der Waals surface area contributed by atoms with Crippen molar-refractivity contribution < 1.29 is 4.39 Å². The molecule has 6 heteroatoms. The largest absolute Gasteiger partial charge is 0.379 e. The molecule has 1 aromatic heterocycles. The van der Waals surface area contributed by atoms with E-state index in [0.29, 0.717) is 27.8 Å². The maximum Gasteiger partial charge on any atom is 0.282 e. The zero-order valence-electron chi connectivity index (χ0n) is 11.5. The smallest absolute Gasteiger partial charge is 0.282 e. The van der Waals surface area contributed by atoms with Crippen molar-refractivity contribution in [3.63, 3.8) is 0 Å². The Labute approximate surface area is 124 Å². The van der Waals surface area contributed by atoms with Gasteiger partial charge in [0.15, 0.2) is 0 Å². The molecule has 0 atom stereocenters. The first-order valence-corrected chi connectivity index (χ1v) is 6.90. The Hall–Kier alpha value is -1.69. The summed E-state index contributed by atoms with van der Waals surface area (Å²) in [5.41, 5.74) is 2.59. The van der Waals surface area contributed by atoms with Crippen LogP contribution in [0.3, 0.4) is 0 Å². The van der Waals surface area contributed by atoms with Crippen LogP contribution >= 0.6 is 15.9 Å². The molecule has 1 heterocycles. The van der Waals surface area contributed by atoms with Crippen molar-refractivity contribution in [2.75, 3.05) is 5.32 Å². The minimum atomic E-state index is -0.207. The van der Waals surface area contributed by atoms with Crippen molar-refractivity contribution in [3.05, 3.63) is 55.7 Å². The minimum absolute atomic E-state index is 0.176. The van der Waals surface area contributed by atoms with Crippen LogP contribution in [0.5, 0.6) is 0 Å². The van der Waals surface area contributed by atoms with Crippen LogP contribution in [0.2, 0.25) is 0 Å². The molecule has 2 rings (SSSR count). The number of hydrogen-bond acceptors (Lipinski definition) is 3. The van der Waals surface area contributed by atoms with Gasteiger partial charge in [-0.1, -0.05) is 12.1 Å². The lowest BCUT2D eigenvalue weighted by atomic mass is 10.1. The molecule has 20 heavy (non-hydrogen) atoms. The second-order valence-corrected chi connectivity index (χ2v) is 5.49. The highest BCUT2D eigenvalue weighted by Gasteiger charge is 2.08. The molecule has 4 nitrogen and oxygen atoms in total. The molecule has 0 saturated carbocycles. The SMILES string of the molecule is Cc1cc(CNc2cnn(C)c(=O)c2Br)cc(C)c1F. The van der Waals surface area contributed by atoms with E-state index in [4.69, 9.17) is 0 Å². The quantitative estimate of drug-likeness (QED) is 0.935. The van der Waals surface area contributed by atoms with Gasteiger partial charge in [0.25, 0.3) is 5.56 Å². The van der Waals surface area contributed by atoms with E-state index < -0.39 is 0 Å². The number of rotatable bonds is 3. The second-order valence-electron chi connectivity index (χ2n) is 4.70. The third-order valence-corrected chi connectivity index (χ3v) is 3.82. The third-order valence-electron chi connectivity index (χ3n) is 3.06. The van der Waals surface area contributed by atoms with Crippen LogP contribution in [0.25, 0.3) is 0 Å². The van der Waals surface area contributed by atoms with Gasteiger partial charge in [-0.05, 0) is 46.5 Å². The standard InChI is InChI=1S/C14H15BrFN3O/c1-8-4-10(5-9(2)13(8)16)6-17-11-7-18-19(3)14(20)12(11)15/h4-5,7,17H,6H2,1-3H3. The van der Waals surface area contributed by atoms with Gasteiger partial charge in [0.2, 0.25) is 0 Å². The highest BCUT2D eigenvalue weighted by Crippen LogP contribution is 2.19. The predicted octanol–water partition coefficient (Wildman–Crippen LogP) is 2.91. The molecule has 106 valence electrons. The van der Waals surface area contributed by atoms with Gasteiger partial charge >= 0.3 is 0 Å². The molecule has 0 amide bonds. The fraction of sp³-hybridized carbons (Fsp3) is 0.286. The van der Waals surface area contributed by atoms with E-state index in [1.165, 1.54) is 4.68 Å². The van der Waals surface area contributed by atoms with Gasteiger partial charge in [0, 0.05) is 13.6 Å². The number of hydrogen-bond donors (Lipinski definition) is 1. The van der Waals surface area contributed by atoms with Gasteiger partial charge < -0.3 is 5.32 Å². The van der Waals surface area contributed by atoms with Gasteiger partial charge in [-0.2, -0.15) is 5.10 Å². The highest BCUT2D eigenvalue weighted by atomic mass is 79.9. The fourth-order valence-corrected chi connectivity index (χ4v) is 2.47. The predicted molar refractivity (Wildman–Crippen MR) is 80.4 cm³/mol. The Bertz CT molecular complexity index is 689. The summed E-state index contributed by atoms with van der Waals surface area (Å²) < 4.78 is 15.2. The molecular weight excluding hydrogens is 325 g/mol. The van der Waals surface area contributed by atoms with E-state index in [2.05, 4.69) is 26.3 Å².